The maximum Gasteiger partial charge on any atom is 0.433 e. The Labute approximate surface area is 182 Å². The van der Waals surface area contributed by atoms with Crippen molar-refractivity contribution in [3.63, 3.8) is 0 Å². The van der Waals surface area contributed by atoms with Gasteiger partial charge in [-0.05, 0) is 29.8 Å². The van der Waals surface area contributed by atoms with Crippen LogP contribution in [0, 0.1) is 0 Å². The lowest BCUT2D eigenvalue weighted by Gasteiger charge is -2.35. The van der Waals surface area contributed by atoms with Crippen LogP contribution in [0.5, 0.6) is 0 Å². The molecule has 0 aliphatic carbocycles. The Hall–Kier alpha value is -2.21. The molecule has 7 nitrogen and oxygen atoms in total. The Bertz CT molecular complexity index is 1100. The molecule has 4 rings (SSSR count). The van der Waals surface area contributed by atoms with Crippen molar-refractivity contribution < 1.29 is 21.6 Å². The lowest BCUT2D eigenvalue weighted by atomic mass is 10.2. The molecule has 0 radical (unpaired) electrons. The number of hydrogen-bond donors (Lipinski definition) is 1. The van der Waals surface area contributed by atoms with Crippen molar-refractivity contribution in [1.29, 1.82) is 0 Å². The SMILES string of the molecule is O=S1(=O)N=C(CN2CCN(Cc3ccc(C(F)(F)F)nc3)CC2)Nc2ccc(Cl)cc21. The number of piperazine rings is 1. The van der Waals surface area contributed by atoms with Crippen molar-refractivity contribution in [2.24, 2.45) is 4.40 Å². The van der Waals surface area contributed by atoms with Crippen LogP contribution >= 0.6 is 11.6 Å². The maximum atomic E-state index is 12.6. The predicted octanol–water partition coefficient (Wildman–Crippen LogP) is 3.08. The van der Waals surface area contributed by atoms with E-state index in [1.165, 1.54) is 18.3 Å². The summed E-state index contributed by atoms with van der Waals surface area (Å²) in [6.07, 6.45) is -3.19. The molecule has 1 aromatic carbocycles. The molecular weight excluding hydrogens is 455 g/mol. The molecule has 0 unspecified atom stereocenters. The Morgan fingerprint density at radius 2 is 1.71 bits per heavy atom. The number of nitrogens with zero attached hydrogens (tertiary/aromatic N) is 4. The third-order valence-electron chi connectivity index (χ3n) is 5.09. The largest absolute Gasteiger partial charge is 0.433 e. The Morgan fingerprint density at radius 1 is 1.03 bits per heavy atom. The van der Waals surface area contributed by atoms with E-state index in [9.17, 15) is 21.6 Å². The van der Waals surface area contributed by atoms with E-state index < -0.39 is 21.9 Å². The fourth-order valence-electron chi connectivity index (χ4n) is 3.52. The molecule has 3 heterocycles. The summed E-state index contributed by atoms with van der Waals surface area (Å²) in [5.74, 6) is 0.343. The zero-order valence-corrected chi connectivity index (χ0v) is 17.8. The zero-order chi connectivity index (χ0) is 22.2. The summed E-state index contributed by atoms with van der Waals surface area (Å²) in [6.45, 7) is 3.56. The number of halogens is 4. The highest BCUT2D eigenvalue weighted by Gasteiger charge is 2.32. The van der Waals surface area contributed by atoms with E-state index >= 15 is 0 Å². The van der Waals surface area contributed by atoms with Gasteiger partial charge in [0.25, 0.3) is 10.0 Å². The molecule has 0 spiro atoms. The van der Waals surface area contributed by atoms with E-state index in [4.69, 9.17) is 11.6 Å². The topological polar surface area (TPSA) is 77.9 Å². The van der Waals surface area contributed by atoms with Gasteiger partial charge in [-0.1, -0.05) is 17.7 Å². The van der Waals surface area contributed by atoms with Gasteiger partial charge in [-0.3, -0.25) is 14.8 Å². The van der Waals surface area contributed by atoms with Crippen LogP contribution in [0.2, 0.25) is 5.02 Å². The smallest absolute Gasteiger partial charge is 0.341 e. The number of pyridine rings is 1. The van der Waals surface area contributed by atoms with Gasteiger partial charge in [-0.2, -0.15) is 21.6 Å². The summed E-state index contributed by atoms with van der Waals surface area (Å²) in [7, 11) is -3.81. The monoisotopic (exact) mass is 473 g/mol. The highest BCUT2D eigenvalue weighted by molar-refractivity contribution is 7.90. The molecule has 166 valence electrons. The van der Waals surface area contributed by atoms with Crippen LogP contribution in [-0.4, -0.2) is 61.8 Å². The van der Waals surface area contributed by atoms with Gasteiger partial charge < -0.3 is 5.32 Å². The number of amidine groups is 1. The Kier molecular flexibility index (Phi) is 5.95. The van der Waals surface area contributed by atoms with Gasteiger partial charge in [0.2, 0.25) is 0 Å². The quantitative estimate of drug-likeness (QED) is 0.735. The molecule has 1 fully saturated rings. The molecule has 0 amide bonds. The van der Waals surface area contributed by atoms with Crippen molar-refractivity contribution in [3.05, 3.63) is 52.8 Å². The van der Waals surface area contributed by atoms with E-state index in [1.807, 2.05) is 0 Å². The molecule has 2 aliphatic heterocycles. The van der Waals surface area contributed by atoms with Gasteiger partial charge in [-0.15, -0.1) is 4.40 Å². The van der Waals surface area contributed by atoms with Crippen LogP contribution in [0.15, 0.2) is 45.8 Å². The minimum absolute atomic E-state index is 0.0544. The number of aromatic nitrogens is 1. The van der Waals surface area contributed by atoms with Crippen molar-refractivity contribution >= 4 is 33.1 Å². The summed E-state index contributed by atoms with van der Waals surface area (Å²) in [6, 6.07) is 7.02. The van der Waals surface area contributed by atoms with Crippen molar-refractivity contribution in [3.8, 4) is 0 Å². The summed E-state index contributed by atoms with van der Waals surface area (Å²) in [4.78, 5) is 7.74. The van der Waals surface area contributed by atoms with Gasteiger partial charge in [-0.25, -0.2) is 0 Å². The second-order valence-corrected chi connectivity index (χ2v) is 9.39. The molecule has 0 bridgehead atoms. The predicted molar refractivity (Wildman–Crippen MR) is 111 cm³/mol. The average Bonchev–Trinajstić information content (AvgIpc) is 2.69. The molecule has 2 aliphatic rings. The van der Waals surface area contributed by atoms with Crippen LogP contribution in [0.4, 0.5) is 18.9 Å². The van der Waals surface area contributed by atoms with Crippen LogP contribution < -0.4 is 5.32 Å². The van der Waals surface area contributed by atoms with E-state index in [1.54, 1.807) is 12.1 Å². The van der Waals surface area contributed by atoms with Crippen molar-refractivity contribution in [1.82, 2.24) is 14.8 Å². The lowest BCUT2D eigenvalue weighted by molar-refractivity contribution is -0.141. The molecule has 1 saturated heterocycles. The molecule has 0 saturated carbocycles. The Morgan fingerprint density at radius 3 is 2.32 bits per heavy atom. The second-order valence-electron chi connectivity index (χ2n) is 7.38. The van der Waals surface area contributed by atoms with Crippen molar-refractivity contribution in [2.45, 2.75) is 17.6 Å². The standard InChI is InChI=1S/C19H19ClF3N5O2S/c20-14-2-3-15-16(9-14)31(29,30)26-18(25-15)12-28-7-5-27(6-8-28)11-13-1-4-17(24-10-13)19(21,22)23/h1-4,9-10H,5-8,11-12H2,(H,25,26). The van der Waals surface area contributed by atoms with Crippen molar-refractivity contribution in [2.75, 3.05) is 38.0 Å². The minimum atomic E-state index is -4.44. The first kappa shape index (κ1) is 22.0. The summed E-state index contributed by atoms with van der Waals surface area (Å²) >= 11 is 5.89. The maximum absolute atomic E-state index is 12.6. The highest BCUT2D eigenvalue weighted by atomic mass is 35.5. The fraction of sp³-hybridized carbons (Fsp3) is 0.368. The van der Waals surface area contributed by atoms with Gasteiger partial charge in [0.1, 0.15) is 16.4 Å². The summed E-state index contributed by atoms with van der Waals surface area (Å²) in [5.41, 5.74) is 0.254. The molecule has 0 atom stereocenters. The number of rotatable bonds is 4. The minimum Gasteiger partial charge on any atom is -0.341 e. The average molecular weight is 474 g/mol. The molecular formula is C19H19ClF3N5O2S. The number of nitrogens with one attached hydrogen (secondary N) is 1. The van der Waals surface area contributed by atoms with Crippen LogP contribution in [0.25, 0.3) is 0 Å². The molecule has 1 N–H and O–H groups in total. The second kappa shape index (κ2) is 8.38. The first-order chi connectivity index (χ1) is 14.6. The van der Waals surface area contributed by atoms with E-state index in [0.717, 1.165) is 6.07 Å². The summed E-state index contributed by atoms with van der Waals surface area (Å²) in [5, 5.41) is 3.37. The number of fused-ring (bicyclic) bond motifs is 1. The normalized spacial score (nSPS) is 19.4. The number of hydrogen-bond acceptors (Lipinski definition) is 6. The number of alkyl halides is 3. The van der Waals surface area contributed by atoms with Crippen LogP contribution in [-0.2, 0) is 22.7 Å². The fourth-order valence-corrected chi connectivity index (χ4v) is 4.92. The van der Waals surface area contributed by atoms with Gasteiger partial charge in [0.05, 0.1) is 12.2 Å². The number of benzene rings is 1. The number of anilines is 1. The van der Waals surface area contributed by atoms with Gasteiger partial charge in [0, 0.05) is 43.9 Å². The van der Waals surface area contributed by atoms with Gasteiger partial charge >= 0.3 is 6.18 Å². The van der Waals surface area contributed by atoms with E-state index in [-0.39, 0.29) is 4.90 Å². The highest BCUT2D eigenvalue weighted by Crippen LogP contribution is 2.30. The first-order valence-corrected chi connectivity index (χ1v) is 11.3. The third kappa shape index (κ3) is 5.17. The Balaban J connectivity index is 1.33. The van der Waals surface area contributed by atoms with E-state index in [0.29, 0.717) is 61.4 Å². The zero-order valence-electron chi connectivity index (χ0n) is 16.2. The summed E-state index contributed by atoms with van der Waals surface area (Å²) < 4.78 is 66.6. The number of sulfonamides is 1. The lowest BCUT2D eigenvalue weighted by Crippen LogP contribution is -2.48. The third-order valence-corrected chi connectivity index (χ3v) is 6.68. The molecule has 2 aromatic rings. The molecule has 1 aromatic heterocycles. The van der Waals surface area contributed by atoms with Gasteiger partial charge in [0.15, 0.2) is 0 Å². The van der Waals surface area contributed by atoms with E-state index in [2.05, 4.69) is 24.5 Å². The molecule has 12 heteroatoms. The van der Waals surface area contributed by atoms with Crippen LogP contribution in [0.3, 0.4) is 0 Å². The molecule has 31 heavy (non-hydrogen) atoms. The first-order valence-electron chi connectivity index (χ1n) is 9.47. The van der Waals surface area contributed by atoms with Crippen LogP contribution in [0.1, 0.15) is 11.3 Å².